The van der Waals surface area contributed by atoms with E-state index in [4.69, 9.17) is 23.2 Å². The van der Waals surface area contributed by atoms with E-state index < -0.39 is 10.3 Å². The highest BCUT2D eigenvalue weighted by molar-refractivity contribution is 6.53. The molecule has 0 bridgehead atoms. The van der Waals surface area contributed by atoms with Crippen LogP contribution in [0.2, 0.25) is 0 Å². The average Bonchev–Trinajstić information content (AvgIpc) is 3.06. The van der Waals surface area contributed by atoms with Crippen LogP contribution in [-0.2, 0) is 4.79 Å². The van der Waals surface area contributed by atoms with E-state index in [0.29, 0.717) is 0 Å². The summed E-state index contributed by atoms with van der Waals surface area (Å²) in [5, 5.41) is 2.96. The molecule has 4 heteroatoms. The van der Waals surface area contributed by atoms with Gasteiger partial charge in [-0.15, -0.1) is 23.2 Å². The largest absolute Gasteiger partial charge is 0.325 e. The van der Waals surface area contributed by atoms with Crippen LogP contribution in [0, 0.1) is 19.8 Å². The molecular formula is C18H17Cl2NO. The van der Waals surface area contributed by atoms with E-state index in [9.17, 15) is 4.79 Å². The number of amides is 1. The predicted molar refractivity (Wildman–Crippen MR) is 91.7 cm³/mol. The molecule has 1 N–H and O–H groups in total. The number of hydrogen-bond acceptors (Lipinski definition) is 1. The Hall–Kier alpha value is -1.51. The summed E-state index contributed by atoms with van der Waals surface area (Å²) in [6.45, 7) is 3.96. The molecule has 0 radical (unpaired) electrons. The fraction of sp³-hybridized carbons (Fsp3) is 0.278. The number of benzene rings is 2. The van der Waals surface area contributed by atoms with Crippen molar-refractivity contribution in [3.8, 4) is 0 Å². The zero-order chi connectivity index (χ0) is 15.9. The molecule has 0 spiro atoms. The van der Waals surface area contributed by atoms with Gasteiger partial charge in [0.25, 0.3) is 0 Å². The van der Waals surface area contributed by atoms with E-state index in [1.54, 1.807) is 0 Å². The number of rotatable bonds is 3. The van der Waals surface area contributed by atoms with E-state index in [-0.39, 0.29) is 11.8 Å². The Morgan fingerprint density at radius 2 is 1.77 bits per heavy atom. The van der Waals surface area contributed by atoms with Crippen molar-refractivity contribution in [2.75, 3.05) is 5.32 Å². The van der Waals surface area contributed by atoms with Gasteiger partial charge in [0.1, 0.15) is 4.33 Å². The molecule has 1 fully saturated rings. The Balaban J connectivity index is 1.80. The highest BCUT2D eigenvalue weighted by Crippen LogP contribution is 2.65. The lowest BCUT2D eigenvalue weighted by molar-refractivity contribution is -0.117. The summed E-state index contributed by atoms with van der Waals surface area (Å²) >= 11 is 12.7. The van der Waals surface area contributed by atoms with Crippen molar-refractivity contribution in [2.24, 2.45) is 5.92 Å². The average molecular weight is 334 g/mol. The van der Waals surface area contributed by atoms with Crippen LogP contribution in [0.25, 0.3) is 0 Å². The van der Waals surface area contributed by atoms with Crippen LogP contribution in [-0.4, -0.2) is 10.2 Å². The van der Waals surface area contributed by atoms with Gasteiger partial charge >= 0.3 is 0 Å². The van der Waals surface area contributed by atoms with E-state index in [1.165, 1.54) is 0 Å². The van der Waals surface area contributed by atoms with E-state index in [2.05, 4.69) is 5.32 Å². The number of nitrogens with one attached hydrogen (secondary N) is 1. The minimum Gasteiger partial charge on any atom is -0.325 e. The number of aryl methyl sites for hydroxylation is 2. The van der Waals surface area contributed by atoms with E-state index in [1.807, 2.05) is 62.4 Å². The first-order chi connectivity index (χ1) is 10.4. The molecule has 2 atom stereocenters. The number of halogens is 2. The number of alkyl halides is 2. The van der Waals surface area contributed by atoms with Crippen molar-refractivity contribution < 1.29 is 4.79 Å². The summed E-state index contributed by atoms with van der Waals surface area (Å²) in [6.07, 6.45) is 0. The third-order valence-electron chi connectivity index (χ3n) is 4.15. The third-order valence-corrected chi connectivity index (χ3v) is 5.09. The molecule has 0 unspecified atom stereocenters. The van der Waals surface area contributed by atoms with Gasteiger partial charge in [0.15, 0.2) is 0 Å². The highest BCUT2D eigenvalue weighted by atomic mass is 35.5. The second-order valence-electron chi connectivity index (χ2n) is 5.85. The van der Waals surface area contributed by atoms with Gasteiger partial charge in [0, 0.05) is 11.6 Å². The molecule has 22 heavy (non-hydrogen) atoms. The number of carbonyl (C=O) groups is 1. The minimum absolute atomic E-state index is 0.132. The zero-order valence-corrected chi connectivity index (χ0v) is 13.9. The van der Waals surface area contributed by atoms with Crippen LogP contribution >= 0.6 is 23.2 Å². The first-order valence-corrected chi connectivity index (χ1v) is 7.97. The van der Waals surface area contributed by atoms with Crippen molar-refractivity contribution in [3.63, 3.8) is 0 Å². The smallest absolute Gasteiger partial charge is 0.231 e. The monoisotopic (exact) mass is 333 g/mol. The summed E-state index contributed by atoms with van der Waals surface area (Å²) in [5.74, 6) is -0.729. The number of carbonyl (C=O) groups excluding carboxylic acids is 1. The molecule has 2 nitrogen and oxygen atoms in total. The van der Waals surface area contributed by atoms with Gasteiger partial charge in [-0.2, -0.15) is 0 Å². The van der Waals surface area contributed by atoms with Gasteiger partial charge in [0.2, 0.25) is 5.91 Å². The summed E-state index contributed by atoms with van der Waals surface area (Å²) in [4.78, 5) is 12.6. The molecule has 1 aliphatic carbocycles. The lowest BCUT2D eigenvalue weighted by atomic mass is 10.1. The molecule has 3 rings (SSSR count). The van der Waals surface area contributed by atoms with Crippen LogP contribution in [0.3, 0.4) is 0 Å². The molecule has 1 aliphatic rings. The van der Waals surface area contributed by atoms with Crippen molar-refractivity contribution in [3.05, 3.63) is 65.2 Å². The minimum atomic E-state index is -1.04. The molecule has 0 heterocycles. The topological polar surface area (TPSA) is 29.1 Å². The number of anilines is 1. The number of hydrogen-bond donors (Lipinski definition) is 1. The fourth-order valence-electron chi connectivity index (χ4n) is 2.81. The summed E-state index contributed by atoms with van der Waals surface area (Å²) in [7, 11) is 0. The van der Waals surface area contributed by atoms with Gasteiger partial charge in [0.05, 0.1) is 5.92 Å². The maximum atomic E-state index is 12.6. The van der Waals surface area contributed by atoms with Gasteiger partial charge in [-0.05, 0) is 36.6 Å². The van der Waals surface area contributed by atoms with Crippen LogP contribution in [0.1, 0.15) is 22.6 Å². The molecule has 2 aromatic rings. The lowest BCUT2D eigenvalue weighted by Crippen LogP contribution is -2.17. The Bertz CT molecular complexity index is 712. The molecule has 0 aromatic heterocycles. The normalized spacial score (nSPS) is 22.2. The van der Waals surface area contributed by atoms with Crippen molar-refractivity contribution >= 4 is 34.8 Å². The molecule has 1 amide bonds. The molecule has 1 saturated carbocycles. The maximum absolute atomic E-state index is 12.6. The Labute approximate surface area is 140 Å². The van der Waals surface area contributed by atoms with Gasteiger partial charge < -0.3 is 5.32 Å². The summed E-state index contributed by atoms with van der Waals surface area (Å²) in [6, 6.07) is 15.7. The Kier molecular flexibility index (Phi) is 3.92. The molecule has 0 aliphatic heterocycles. The fourth-order valence-corrected chi connectivity index (χ4v) is 3.64. The first-order valence-electron chi connectivity index (χ1n) is 7.22. The van der Waals surface area contributed by atoms with Crippen LogP contribution in [0.4, 0.5) is 5.69 Å². The molecular weight excluding hydrogens is 317 g/mol. The van der Waals surface area contributed by atoms with Crippen LogP contribution in [0.5, 0.6) is 0 Å². The lowest BCUT2D eigenvalue weighted by Gasteiger charge is -2.09. The van der Waals surface area contributed by atoms with Crippen molar-refractivity contribution in [1.29, 1.82) is 0 Å². The zero-order valence-electron chi connectivity index (χ0n) is 12.4. The second-order valence-corrected chi connectivity index (χ2v) is 7.29. The third kappa shape index (κ3) is 2.73. The molecule has 114 valence electrons. The maximum Gasteiger partial charge on any atom is 0.231 e. The molecule has 2 aromatic carbocycles. The van der Waals surface area contributed by atoms with Crippen molar-refractivity contribution in [2.45, 2.75) is 24.1 Å². The van der Waals surface area contributed by atoms with Crippen LogP contribution < -0.4 is 5.32 Å². The van der Waals surface area contributed by atoms with Gasteiger partial charge in [-0.25, -0.2) is 0 Å². The van der Waals surface area contributed by atoms with E-state index >= 15 is 0 Å². The van der Waals surface area contributed by atoms with Crippen molar-refractivity contribution in [1.82, 2.24) is 0 Å². The SMILES string of the molecule is Cc1ccc(C)c(NC(=O)[C@@H]2[C@H](c3ccccc3)C2(Cl)Cl)c1. The summed E-state index contributed by atoms with van der Waals surface area (Å²) in [5.41, 5.74) is 3.92. The quantitative estimate of drug-likeness (QED) is 0.801. The second kappa shape index (κ2) is 5.60. The van der Waals surface area contributed by atoms with Crippen LogP contribution in [0.15, 0.2) is 48.5 Å². The van der Waals surface area contributed by atoms with Gasteiger partial charge in [-0.3, -0.25) is 4.79 Å². The Morgan fingerprint density at radius 1 is 1.09 bits per heavy atom. The highest BCUT2D eigenvalue weighted by Gasteiger charge is 2.67. The van der Waals surface area contributed by atoms with Gasteiger partial charge in [-0.1, -0.05) is 42.5 Å². The summed E-state index contributed by atoms with van der Waals surface area (Å²) < 4.78 is -1.04. The first kappa shape index (κ1) is 15.4. The standard InChI is InChI=1S/C18H17Cl2NO/c1-11-8-9-12(2)14(10-11)21-17(22)16-15(18(16,19)20)13-6-4-3-5-7-13/h3-10,15-16H,1-2H3,(H,21,22)/t15-,16-/m0/s1. The molecule has 0 saturated heterocycles. The Morgan fingerprint density at radius 3 is 2.45 bits per heavy atom. The predicted octanol–water partition coefficient (Wildman–Crippen LogP) is 4.83. The van der Waals surface area contributed by atoms with E-state index in [0.717, 1.165) is 22.4 Å².